The molecule has 0 aliphatic carbocycles. The zero-order valence-corrected chi connectivity index (χ0v) is 14.3. The second-order valence-electron chi connectivity index (χ2n) is 4.35. The maximum absolute atomic E-state index is 4.68. The van der Waals surface area contributed by atoms with Crippen LogP contribution in [0.2, 0.25) is 0 Å². The zero-order valence-electron chi connectivity index (χ0n) is 10.9. The fourth-order valence-corrected chi connectivity index (χ4v) is 4.71. The number of hydrogen-bond acceptors (Lipinski definition) is 4. The average molecular weight is 313 g/mol. The van der Waals surface area contributed by atoms with Gasteiger partial charge in [0.2, 0.25) is 0 Å². The fourth-order valence-electron chi connectivity index (χ4n) is 1.99. The highest BCUT2D eigenvalue weighted by molar-refractivity contribution is 7.96. The number of rotatable bonds is 2. The van der Waals surface area contributed by atoms with Gasteiger partial charge in [0.25, 0.3) is 0 Å². The summed E-state index contributed by atoms with van der Waals surface area (Å²) in [5.74, 6) is 0. The van der Waals surface area contributed by atoms with Crippen molar-refractivity contribution in [1.29, 1.82) is 0 Å². The lowest BCUT2D eigenvalue weighted by Gasteiger charge is -2.06. The normalized spacial score (nSPS) is 12.8. The molecule has 4 heteroatoms. The first-order valence-electron chi connectivity index (χ1n) is 5.67. The van der Waals surface area contributed by atoms with Crippen molar-refractivity contribution in [2.75, 3.05) is 0 Å². The summed E-state index contributed by atoms with van der Waals surface area (Å²) in [5, 5.41) is 0. The Balaban J connectivity index is 2.54. The van der Waals surface area contributed by atoms with Gasteiger partial charge in [0.1, 0.15) is 0 Å². The molecule has 0 radical (unpaired) electrons. The van der Waals surface area contributed by atoms with Gasteiger partial charge in [-0.15, -0.1) is 47.9 Å². The van der Waals surface area contributed by atoms with Crippen LogP contribution in [0.4, 0.5) is 0 Å². The molecule has 0 amide bonds. The van der Waals surface area contributed by atoms with Crippen LogP contribution in [0.3, 0.4) is 0 Å². The summed E-state index contributed by atoms with van der Waals surface area (Å²) in [7, 11) is 0. The smallest absolute Gasteiger partial charge is 0.0264 e. The van der Waals surface area contributed by atoms with Gasteiger partial charge in [-0.2, -0.15) is 0 Å². The third-order valence-corrected chi connectivity index (χ3v) is 5.85. The first-order chi connectivity index (χ1) is 8.40. The van der Waals surface area contributed by atoms with Crippen molar-refractivity contribution in [3.8, 4) is 0 Å². The van der Waals surface area contributed by atoms with E-state index in [2.05, 4.69) is 65.1 Å². The highest BCUT2D eigenvalue weighted by atomic mass is 32.1. The lowest BCUT2D eigenvalue weighted by molar-refractivity contribution is 1.55. The molecule has 0 aliphatic heterocycles. The molecule has 0 atom stereocenters. The number of aryl methyl sites for hydroxylation is 4. The Labute approximate surface area is 128 Å². The molecule has 96 valence electrons. The van der Waals surface area contributed by atoms with Gasteiger partial charge < -0.3 is 0 Å². The van der Waals surface area contributed by atoms with Gasteiger partial charge in [0.05, 0.1) is 0 Å². The molecule has 0 saturated carbocycles. The number of thiophene rings is 2. The molecule has 0 nitrogen and oxygen atoms in total. The van der Waals surface area contributed by atoms with E-state index in [1.165, 1.54) is 30.6 Å². The SMILES string of the molecule is Cc1cc(/C(S)=C(/S)c2cc(C)sc2C)c(C)s1. The first kappa shape index (κ1) is 14.3. The van der Waals surface area contributed by atoms with Crippen LogP contribution in [-0.4, -0.2) is 0 Å². The Hall–Kier alpha value is -0.160. The van der Waals surface area contributed by atoms with E-state index in [0.29, 0.717) is 0 Å². The Morgan fingerprint density at radius 1 is 0.778 bits per heavy atom. The molecule has 0 aromatic carbocycles. The van der Waals surface area contributed by atoms with Gasteiger partial charge in [-0.25, -0.2) is 0 Å². The van der Waals surface area contributed by atoms with Gasteiger partial charge in [-0.1, -0.05) is 0 Å². The van der Waals surface area contributed by atoms with Crippen LogP contribution in [0.1, 0.15) is 30.6 Å². The Kier molecular flexibility index (Phi) is 4.32. The zero-order chi connectivity index (χ0) is 13.4. The first-order valence-corrected chi connectivity index (χ1v) is 8.20. The Morgan fingerprint density at radius 3 is 1.33 bits per heavy atom. The number of thiol groups is 2. The van der Waals surface area contributed by atoms with Crippen molar-refractivity contribution in [3.63, 3.8) is 0 Å². The summed E-state index contributed by atoms with van der Waals surface area (Å²) in [6, 6.07) is 4.38. The average Bonchev–Trinajstić information content (AvgIpc) is 2.79. The third-order valence-electron chi connectivity index (χ3n) is 2.82. The maximum atomic E-state index is 4.68. The summed E-state index contributed by atoms with van der Waals surface area (Å²) in [4.78, 5) is 7.17. The molecule has 2 aromatic heterocycles. The minimum atomic E-state index is 0.973. The van der Waals surface area contributed by atoms with Gasteiger partial charge in [0.15, 0.2) is 0 Å². The van der Waals surface area contributed by atoms with Crippen LogP contribution < -0.4 is 0 Å². The van der Waals surface area contributed by atoms with Crippen LogP contribution in [0, 0.1) is 27.7 Å². The minimum absolute atomic E-state index is 0.973. The molecule has 2 heterocycles. The largest absolute Gasteiger partial charge is 0.145 e. The van der Waals surface area contributed by atoms with Crippen molar-refractivity contribution in [2.45, 2.75) is 27.7 Å². The summed E-state index contributed by atoms with van der Waals surface area (Å²) in [6.07, 6.45) is 0. The molecule has 0 N–H and O–H groups in total. The highest BCUT2D eigenvalue weighted by Gasteiger charge is 2.13. The van der Waals surface area contributed by atoms with E-state index in [-0.39, 0.29) is 0 Å². The lowest BCUT2D eigenvalue weighted by Crippen LogP contribution is -1.82. The molecular formula is C14H16S4. The highest BCUT2D eigenvalue weighted by Crippen LogP contribution is 2.39. The quantitative estimate of drug-likeness (QED) is 0.650. The van der Waals surface area contributed by atoms with Gasteiger partial charge in [0, 0.05) is 40.4 Å². The van der Waals surface area contributed by atoms with E-state index >= 15 is 0 Å². The standard InChI is InChI=1S/C14H16S4/c1-7-5-11(9(3)17-7)13(15)14(16)12-6-8(2)18-10(12)4/h5-6,15-16H,1-4H3/b14-13-. The predicted octanol–water partition coefficient (Wildman–Crippen LogP) is 5.73. The van der Waals surface area contributed by atoms with Crippen LogP contribution in [0.5, 0.6) is 0 Å². The molecule has 0 bridgehead atoms. The summed E-state index contributed by atoms with van der Waals surface area (Å²) >= 11 is 13.0. The van der Waals surface area contributed by atoms with Gasteiger partial charge in [-0.3, -0.25) is 0 Å². The van der Waals surface area contributed by atoms with E-state index in [1.807, 2.05) is 0 Å². The second-order valence-corrected chi connectivity index (χ2v) is 8.17. The number of hydrogen-bond donors (Lipinski definition) is 2. The maximum Gasteiger partial charge on any atom is 0.0264 e. The van der Waals surface area contributed by atoms with E-state index in [1.54, 1.807) is 22.7 Å². The molecule has 2 rings (SSSR count). The summed E-state index contributed by atoms with van der Waals surface area (Å²) in [6.45, 7) is 8.52. The monoisotopic (exact) mass is 312 g/mol. The van der Waals surface area contributed by atoms with Gasteiger partial charge >= 0.3 is 0 Å². The lowest BCUT2D eigenvalue weighted by atomic mass is 10.1. The van der Waals surface area contributed by atoms with E-state index < -0.39 is 0 Å². The van der Waals surface area contributed by atoms with Crippen molar-refractivity contribution in [3.05, 3.63) is 42.8 Å². The topological polar surface area (TPSA) is 0 Å². The summed E-state index contributed by atoms with van der Waals surface area (Å²) < 4.78 is 0. The molecule has 0 fully saturated rings. The molecule has 0 saturated heterocycles. The van der Waals surface area contributed by atoms with E-state index in [9.17, 15) is 0 Å². The van der Waals surface area contributed by atoms with Crippen LogP contribution >= 0.6 is 47.9 Å². The van der Waals surface area contributed by atoms with Crippen LogP contribution in [0.15, 0.2) is 12.1 Å². The van der Waals surface area contributed by atoms with E-state index in [0.717, 1.165) is 9.81 Å². The van der Waals surface area contributed by atoms with Crippen LogP contribution in [-0.2, 0) is 0 Å². The molecule has 0 aliphatic rings. The van der Waals surface area contributed by atoms with E-state index in [4.69, 9.17) is 0 Å². The van der Waals surface area contributed by atoms with Crippen molar-refractivity contribution in [2.24, 2.45) is 0 Å². The van der Waals surface area contributed by atoms with Crippen molar-refractivity contribution < 1.29 is 0 Å². The fraction of sp³-hybridized carbons (Fsp3) is 0.286. The second kappa shape index (κ2) is 5.45. The van der Waals surface area contributed by atoms with Crippen molar-refractivity contribution >= 4 is 57.7 Å². The Morgan fingerprint density at radius 2 is 1.11 bits per heavy atom. The van der Waals surface area contributed by atoms with Gasteiger partial charge in [-0.05, 0) is 39.8 Å². The minimum Gasteiger partial charge on any atom is -0.145 e. The molecule has 0 spiro atoms. The van der Waals surface area contributed by atoms with Crippen LogP contribution in [0.25, 0.3) is 9.81 Å². The predicted molar refractivity (Wildman–Crippen MR) is 92.4 cm³/mol. The molecule has 18 heavy (non-hydrogen) atoms. The summed E-state index contributed by atoms with van der Waals surface area (Å²) in [5.41, 5.74) is 2.41. The molecule has 2 aromatic rings. The molecule has 0 unspecified atom stereocenters. The molecular weight excluding hydrogens is 296 g/mol. The van der Waals surface area contributed by atoms with Crippen molar-refractivity contribution in [1.82, 2.24) is 0 Å². The Bertz CT molecular complexity index is 560. The third kappa shape index (κ3) is 2.72.